The van der Waals surface area contributed by atoms with E-state index in [2.05, 4.69) is 25.3 Å². The molecular weight excluding hydrogens is 272 g/mol. The van der Waals surface area contributed by atoms with Crippen LogP contribution in [0.1, 0.15) is 0 Å². The van der Waals surface area contributed by atoms with E-state index in [1.807, 2.05) is 0 Å². The third kappa shape index (κ3) is 5.86. The Hall–Kier alpha value is -0.560. The number of ether oxygens (including phenoxy) is 2. The van der Waals surface area contributed by atoms with Crippen molar-refractivity contribution in [3.63, 3.8) is 0 Å². The van der Waals surface area contributed by atoms with Crippen molar-refractivity contribution < 1.29 is 19.7 Å². The molecule has 6 heteroatoms. The third-order valence-corrected chi connectivity index (χ3v) is 2.95. The number of hydrogen-bond donors (Lipinski definition) is 4. The smallest absolute Gasteiger partial charge is 0.123 e. The lowest BCUT2D eigenvalue weighted by Crippen LogP contribution is -2.19. The van der Waals surface area contributed by atoms with Crippen LogP contribution in [0.4, 0.5) is 0 Å². The molecule has 1 aromatic carbocycles. The fourth-order valence-corrected chi connectivity index (χ4v) is 1.35. The Morgan fingerprint density at radius 3 is 1.78 bits per heavy atom. The summed E-state index contributed by atoms with van der Waals surface area (Å²) in [5.74, 6) is 1.91. The predicted octanol–water partition coefficient (Wildman–Crippen LogP) is 1.03. The minimum Gasteiger partial charge on any atom is -0.491 e. The second-order valence-corrected chi connectivity index (χ2v) is 4.50. The summed E-state index contributed by atoms with van der Waals surface area (Å²) in [5.41, 5.74) is 0. The zero-order valence-corrected chi connectivity index (χ0v) is 11.7. The van der Waals surface area contributed by atoms with Gasteiger partial charge in [-0.3, -0.25) is 0 Å². The van der Waals surface area contributed by atoms with E-state index in [0.29, 0.717) is 23.0 Å². The Morgan fingerprint density at radius 1 is 0.944 bits per heavy atom. The Balaban J connectivity index is 2.46. The zero-order valence-electron chi connectivity index (χ0n) is 9.90. The maximum atomic E-state index is 9.32. The van der Waals surface area contributed by atoms with Crippen LogP contribution in [0.2, 0.25) is 0 Å². The molecule has 0 aliphatic heterocycles. The van der Waals surface area contributed by atoms with E-state index >= 15 is 0 Å². The van der Waals surface area contributed by atoms with Gasteiger partial charge in [-0.25, -0.2) is 0 Å². The first-order chi connectivity index (χ1) is 8.65. The van der Waals surface area contributed by atoms with Gasteiger partial charge in [-0.05, 0) is 12.1 Å². The normalized spacial score (nSPS) is 14.0. The summed E-state index contributed by atoms with van der Waals surface area (Å²) in [6.45, 7) is 0.373. The summed E-state index contributed by atoms with van der Waals surface area (Å²) in [5, 5.41) is 18.6. The van der Waals surface area contributed by atoms with Gasteiger partial charge in [0.2, 0.25) is 0 Å². The highest BCUT2D eigenvalue weighted by atomic mass is 32.1. The van der Waals surface area contributed by atoms with Crippen LogP contribution in [0.3, 0.4) is 0 Å². The Labute approximate surface area is 118 Å². The molecule has 0 aliphatic rings. The lowest BCUT2D eigenvalue weighted by atomic mass is 10.3. The maximum Gasteiger partial charge on any atom is 0.123 e. The first kappa shape index (κ1) is 15.5. The van der Waals surface area contributed by atoms with Gasteiger partial charge in [0.05, 0.1) is 12.2 Å². The second kappa shape index (κ2) is 8.53. The summed E-state index contributed by atoms with van der Waals surface area (Å²) in [4.78, 5) is 0. The Kier molecular flexibility index (Phi) is 7.34. The molecule has 0 spiro atoms. The van der Waals surface area contributed by atoms with E-state index in [4.69, 9.17) is 9.47 Å². The molecule has 0 saturated carbocycles. The fraction of sp³-hybridized carbons (Fsp3) is 0.500. The fourth-order valence-electron chi connectivity index (χ4n) is 1.14. The predicted molar refractivity (Wildman–Crippen MR) is 77.2 cm³/mol. The monoisotopic (exact) mass is 290 g/mol. The summed E-state index contributed by atoms with van der Waals surface area (Å²) >= 11 is 7.92. The van der Waals surface area contributed by atoms with Crippen LogP contribution in [0.5, 0.6) is 11.5 Å². The number of aliphatic hydroxyl groups is 2. The highest BCUT2D eigenvalue weighted by molar-refractivity contribution is 7.80. The molecule has 2 unspecified atom stereocenters. The van der Waals surface area contributed by atoms with Crippen LogP contribution in [0.15, 0.2) is 24.3 Å². The van der Waals surface area contributed by atoms with E-state index in [0.717, 1.165) is 0 Å². The van der Waals surface area contributed by atoms with Crippen molar-refractivity contribution in [2.45, 2.75) is 12.2 Å². The molecule has 2 N–H and O–H groups in total. The van der Waals surface area contributed by atoms with E-state index in [-0.39, 0.29) is 13.2 Å². The number of thiol groups is 2. The van der Waals surface area contributed by atoms with Crippen molar-refractivity contribution in [3.8, 4) is 11.5 Å². The average molecular weight is 290 g/mol. The first-order valence-corrected chi connectivity index (χ1v) is 6.85. The third-order valence-electron chi connectivity index (χ3n) is 2.11. The minimum atomic E-state index is -0.594. The molecule has 0 aliphatic carbocycles. The number of rotatable bonds is 8. The van der Waals surface area contributed by atoms with E-state index < -0.39 is 12.2 Å². The number of hydrogen-bond acceptors (Lipinski definition) is 6. The van der Waals surface area contributed by atoms with E-state index in [1.165, 1.54) is 0 Å². The van der Waals surface area contributed by atoms with Gasteiger partial charge in [0.25, 0.3) is 0 Å². The van der Waals surface area contributed by atoms with Gasteiger partial charge < -0.3 is 19.7 Å². The molecule has 0 bridgehead atoms. The molecule has 0 fully saturated rings. The van der Waals surface area contributed by atoms with Crippen molar-refractivity contribution in [1.82, 2.24) is 0 Å². The first-order valence-electron chi connectivity index (χ1n) is 5.59. The molecule has 0 aromatic heterocycles. The summed E-state index contributed by atoms with van der Waals surface area (Å²) < 4.78 is 10.8. The highest BCUT2D eigenvalue weighted by Crippen LogP contribution is 2.19. The van der Waals surface area contributed by atoms with Crippen molar-refractivity contribution in [3.05, 3.63) is 24.3 Å². The Morgan fingerprint density at radius 2 is 1.39 bits per heavy atom. The Bertz CT molecular complexity index is 319. The average Bonchev–Trinajstić information content (AvgIpc) is 2.42. The van der Waals surface area contributed by atoms with Crippen molar-refractivity contribution in [1.29, 1.82) is 0 Å². The van der Waals surface area contributed by atoms with Gasteiger partial charge in [0, 0.05) is 17.6 Å². The van der Waals surface area contributed by atoms with Gasteiger partial charge in [0.1, 0.15) is 24.7 Å². The molecule has 0 amide bonds. The van der Waals surface area contributed by atoms with Crippen molar-refractivity contribution in [2.24, 2.45) is 0 Å². The molecule has 4 nitrogen and oxygen atoms in total. The molecule has 2 atom stereocenters. The van der Waals surface area contributed by atoms with Crippen LogP contribution >= 0.6 is 25.3 Å². The minimum absolute atomic E-state index is 0.187. The second-order valence-electron chi connectivity index (χ2n) is 3.77. The quantitative estimate of drug-likeness (QED) is 0.540. The molecular formula is C12H18O4S2. The molecule has 1 rings (SSSR count). The summed E-state index contributed by atoms with van der Waals surface area (Å²) in [6, 6.07) is 7.03. The molecule has 0 radical (unpaired) electrons. The van der Waals surface area contributed by atoms with Gasteiger partial charge in [0.15, 0.2) is 0 Å². The standard InChI is InChI=1S/C12H18O4S2/c13-9(7-17)5-15-11-2-1-3-12(4-11)16-6-10(14)8-18/h1-4,9-10,13-14,17-18H,5-8H2. The van der Waals surface area contributed by atoms with Gasteiger partial charge in [-0.15, -0.1) is 0 Å². The zero-order chi connectivity index (χ0) is 13.4. The lowest BCUT2D eigenvalue weighted by Gasteiger charge is -2.13. The topological polar surface area (TPSA) is 58.9 Å². The SMILES string of the molecule is OC(CS)COc1cccc(OCC(O)CS)c1. The van der Waals surface area contributed by atoms with Crippen LogP contribution in [0.25, 0.3) is 0 Å². The van der Waals surface area contributed by atoms with E-state index in [9.17, 15) is 10.2 Å². The van der Waals surface area contributed by atoms with Crippen molar-refractivity contribution >= 4 is 25.3 Å². The molecule has 18 heavy (non-hydrogen) atoms. The molecule has 0 heterocycles. The summed E-state index contributed by atoms with van der Waals surface area (Å²) in [7, 11) is 0. The van der Waals surface area contributed by atoms with Crippen LogP contribution in [-0.4, -0.2) is 47.1 Å². The van der Waals surface area contributed by atoms with Crippen molar-refractivity contribution in [2.75, 3.05) is 24.7 Å². The van der Waals surface area contributed by atoms with Gasteiger partial charge in [-0.2, -0.15) is 25.3 Å². The lowest BCUT2D eigenvalue weighted by molar-refractivity contribution is 0.122. The number of benzene rings is 1. The van der Waals surface area contributed by atoms with E-state index in [1.54, 1.807) is 24.3 Å². The van der Waals surface area contributed by atoms with Gasteiger partial charge in [-0.1, -0.05) is 6.07 Å². The maximum absolute atomic E-state index is 9.32. The molecule has 102 valence electrons. The van der Waals surface area contributed by atoms with Gasteiger partial charge >= 0.3 is 0 Å². The molecule has 0 saturated heterocycles. The van der Waals surface area contributed by atoms with Crippen LogP contribution in [-0.2, 0) is 0 Å². The van der Waals surface area contributed by atoms with Crippen LogP contribution < -0.4 is 9.47 Å². The molecule has 1 aromatic rings. The number of aliphatic hydroxyl groups excluding tert-OH is 2. The van der Waals surface area contributed by atoms with Crippen LogP contribution in [0, 0.1) is 0 Å². The summed E-state index contributed by atoms with van der Waals surface area (Å²) in [6.07, 6.45) is -1.19. The highest BCUT2D eigenvalue weighted by Gasteiger charge is 2.05. The largest absolute Gasteiger partial charge is 0.491 e.